The molecule has 0 amide bonds. The van der Waals surface area contributed by atoms with Crippen LogP contribution in [-0.4, -0.2) is 68.8 Å². The van der Waals surface area contributed by atoms with Crippen LogP contribution in [0.2, 0.25) is 0 Å². The smallest absolute Gasteiger partial charge is 0.211 e. The standard InChI is InChI=1S/C16H24N2O3S/c1-22(19,20)18-8-7-15(17-9-11-21-12-10-17)16(18)13-14-5-3-2-4-6-14/h2-6,15-16H,7-13H2,1H3/t15-,16+/m0/s1. The Hall–Kier alpha value is -0.950. The second-order valence-electron chi connectivity index (χ2n) is 6.14. The van der Waals surface area contributed by atoms with E-state index in [-0.39, 0.29) is 6.04 Å². The minimum atomic E-state index is -3.17. The summed E-state index contributed by atoms with van der Waals surface area (Å²) >= 11 is 0. The number of sulfonamides is 1. The van der Waals surface area contributed by atoms with Gasteiger partial charge in [-0.25, -0.2) is 8.42 Å². The molecule has 22 heavy (non-hydrogen) atoms. The fourth-order valence-corrected chi connectivity index (χ4v) is 4.79. The van der Waals surface area contributed by atoms with Crippen LogP contribution in [0.1, 0.15) is 12.0 Å². The molecule has 2 aliphatic rings. The van der Waals surface area contributed by atoms with E-state index in [1.54, 1.807) is 4.31 Å². The SMILES string of the molecule is CS(=O)(=O)N1CC[C@H](N2CCOCC2)[C@H]1Cc1ccccc1. The Balaban J connectivity index is 1.82. The number of rotatable bonds is 4. The van der Waals surface area contributed by atoms with Crippen molar-refractivity contribution in [2.24, 2.45) is 0 Å². The van der Waals surface area contributed by atoms with E-state index in [4.69, 9.17) is 4.74 Å². The van der Waals surface area contributed by atoms with E-state index < -0.39 is 10.0 Å². The lowest BCUT2D eigenvalue weighted by molar-refractivity contribution is 0.0117. The van der Waals surface area contributed by atoms with Crippen LogP contribution in [0.5, 0.6) is 0 Å². The summed E-state index contributed by atoms with van der Waals surface area (Å²) in [7, 11) is -3.17. The molecule has 6 heteroatoms. The zero-order valence-electron chi connectivity index (χ0n) is 13.0. The van der Waals surface area contributed by atoms with Gasteiger partial charge in [-0.05, 0) is 18.4 Å². The van der Waals surface area contributed by atoms with Crippen LogP contribution in [0.4, 0.5) is 0 Å². The summed E-state index contributed by atoms with van der Waals surface area (Å²) in [5.41, 5.74) is 1.20. The summed E-state index contributed by atoms with van der Waals surface area (Å²) in [4.78, 5) is 2.41. The number of nitrogens with zero attached hydrogens (tertiary/aromatic N) is 2. The molecule has 2 heterocycles. The normalized spacial score (nSPS) is 28.0. The Morgan fingerprint density at radius 2 is 1.82 bits per heavy atom. The van der Waals surface area contributed by atoms with Gasteiger partial charge in [0, 0.05) is 31.7 Å². The highest BCUT2D eigenvalue weighted by Crippen LogP contribution is 2.28. The lowest BCUT2D eigenvalue weighted by Crippen LogP contribution is -2.51. The molecule has 1 aromatic carbocycles. The van der Waals surface area contributed by atoms with Crippen molar-refractivity contribution in [2.75, 3.05) is 39.1 Å². The van der Waals surface area contributed by atoms with E-state index in [9.17, 15) is 8.42 Å². The van der Waals surface area contributed by atoms with Crippen LogP contribution in [0.25, 0.3) is 0 Å². The van der Waals surface area contributed by atoms with Gasteiger partial charge in [-0.15, -0.1) is 0 Å². The van der Waals surface area contributed by atoms with Gasteiger partial charge in [0.25, 0.3) is 0 Å². The molecule has 0 bridgehead atoms. The summed E-state index contributed by atoms with van der Waals surface area (Å²) in [5, 5.41) is 0. The van der Waals surface area contributed by atoms with E-state index in [0.29, 0.717) is 12.6 Å². The third-order valence-corrected chi connectivity index (χ3v) is 5.99. The molecule has 5 nitrogen and oxygen atoms in total. The maximum absolute atomic E-state index is 12.1. The molecule has 0 aliphatic carbocycles. The molecule has 0 radical (unpaired) electrons. The van der Waals surface area contributed by atoms with Gasteiger partial charge in [-0.1, -0.05) is 30.3 Å². The summed E-state index contributed by atoms with van der Waals surface area (Å²) in [6.07, 6.45) is 3.01. The number of benzene rings is 1. The maximum atomic E-state index is 12.1. The molecular weight excluding hydrogens is 300 g/mol. The number of hydrogen-bond donors (Lipinski definition) is 0. The van der Waals surface area contributed by atoms with Crippen molar-refractivity contribution in [3.05, 3.63) is 35.9 Å². The van der Waals surface area contributed by atoms with Crippen molar-refractivity contribution in [1.29, 1.82) is 0 Å². The largest absolute Gasteiger partial charge is 0.379 e. The summed E-state index contributed by atoms with van der Waals surface area (Å²) in [6, 6.07) is 10.5. The van der Waals surface area contributed by atoms with Gasteiger partial charge in [-0.3, -0.25) is 4.90 Å². The molecule has 2 aliphatic heterocycles. The van der Waals surface area contributed by atoms with E-state index >= 15 is 0 Å². The number of morpholine rings is 1. The first-order valence-corrected chi connectivity index (χ1v) is 9.73. The molecule has 2 saturated heterocycles. The topological polar surface area (TPSA) is 49.9 Å². The van der Waals surface area contributed by atoms with Crippen LogP contribution in [0.3, 0.4) is 0 Å². The van der Waals surface area contributed by atoms with Crippen molar-refractivity contribution < 1.29 is 13.2 Å². The highest BCUT2D eigenvalue weighted by molar-refractivity contribution is 7.88. The molecule has 0 N–H and O–H groups in total. The van der Waals surface area contributed by atoms with Gasteiger partial charge in [0.15, 0.2) is 0 Å². The lowest BCUT2D eigenvalue weighted by atomic mass is 9.99. The zero-order chi connectivity index (χ0) is 15.6. The lowest BCUT2D eigenvalue weighted by Gasteiger charge is -2.37. The average molecular weight is 324 g/mol. The van der Waals surface area contributed by atoms with Gasteiger partial charge in [0.1, 0.15) is 0 Å². The first-order chi connectivity index (χ1) is 10.6. The van der Waals surface area contributed by atoms with Crippen LogP contribution < -0.4 is 0 Å². The summed E-state index contributed by atoms with van der Waals surface area (Å²) in [6.45, 7) is 3.90. The highest BCUT2D eigenvalue weighted by atomic mass is 32.2. The number of ether oxygens (including phenoxy) is 1. The van der Waals surface area contributed by atoms with Crippen molar-refractivity contribution in [2.45, 2.75) is 24.9 Å². The molecule has 3 rings (SSSR count). The van der Waals surface area contributed by atoms with E-state index in [1.165, 1.54) is 11.8 Å². The Morgan fingerprint density at radius 3 is 2.45 bits per heavy atom. The molecule has 0 aromatic heterocycles. The van der Waals surface area contributed by atoms with Gasteiger partial charge in [0.05, 0.1) is 19.5 Å². The van der Waals surface area contributed by atoms with Crippen molar-refractivity contribution in [3.63, 3.8) is 0 Å². The van der Waals surface area contributed by atoms with Crippen LogP contribution in [0, 0.1) is 0 Å². The molecular formula is C16H24N2O3S. The van der Waals surface area contributed by atoms with Crippen molar-refractivity contribution >= 4 is 10.0 Å². The molecule has 0 saturated carbocycles. The first-order valence-electron chi connectivity index (χ1n) is 7.88. The number of hydrogen-bond acceptors (Lipinski definition) is 4. The molecule has 0 unspecified atom stereocenters. The van der Waals surface area contributed by atoms with Gasteiger partial charge in [0.2, 0.25) is 10.0 Å². The fraction of sp³-hybridized carbons (Fsp3) is 0.625. The van der Waals surface area contributed by atoms with E-state index in [2.05, 4.69) is 17.0 Å². The van der Waals surface area contributed by atoms with Gasteiger partial charge < -0.3 is 4.74 Å². The highest BCUT2D eigenvalue weighted by Gasteiger charge is 2.42. The minimum absolute atomic E-state index is 0.0236. The van der Waals surface area contributed by atoms with Crippen LogP contribution in [-0.2, 0) is 21.2 Å². The quantitative estimate of drug-likeness (QED) is 0.828. The van der Waals surface area contributed by atoms with Gasteiger partial charge >= 0.3 is 0 Å². The molecule has 2 fully saturated rings. The molecule has 0 spiro atoms. The van der Waals surface area contributed by atoms with Gasteiger partial charge in [-0.2, -0.15) is 4.31 Å². The van der Waals surface area contributed by atoms with Crippen LogP contribution >= 0.6 is 0 Å². The first kappa shape index (κ1) is 15.9. The monoisotopic (exact) mass is 324 g/mol. The summed E-state index contributed by atoms with van der Waals surface area (Å²) in [5.74, 6) is 0. The Labute approximate surface area is 132 Å². The Bertz CT molecular complexity index is 585. The average Bonchev–Trinajstić information content (AvgIpc) is 2.93. The maximum Gasteiger partial charge on any atom is 0.211 e. The Kier molecular flexibility index (Phi) is 4.82. The van der Waals surface area contributed by atoms with E-state index in [1.807, 2.05) is 18.2 Å². The van der Waals surface area contributed by atoms with Crippen LogP contribution in [0.15, 0.2) is 30.3 Å². The minimum Gasteiger partial charge on any atom is -0.379 e. The predicted octanol–water partition coefficient (Wildman–Crippen LogP) is 0.964. The zero-order valence-corrected chi connectivity index (χ0v) is 13.8. The third kappa shape index (κ3) is 3.51. The Morgan fingerprint density at radius 1 is 1.14 bits per heavy atom. The molecule has 1 aromatic rings. The second kappa shape index (κ2) is 6.66. The third-order valence-electron chi connectivity index (χ3n) is 4.69. The second-order valence-corrected chi connectivity index (χ2v) is 8.07. The summed E-state index contributed by atoms with van der Waals surface area (Å²) < 4.78 is 31.4. The fourth-order valence-electron chi connectivity index (χ4n) is 3.65. The molecule has 2 atom stereocenters. The van der Waals surface area contributed by atoms with E-state index in [0.717, 1.165) is 39.1 Å². The predicted molar refractivity (Wildman–Crippen MR) is 86.3 cm³/mol. The van der Waals surface area contributed by atoms with Crippen molar-refractivity contribution in [1.82, 2.24) is 9.21 Å². The van der Waals surface area contributed by atoms with Crippen molar-refractivity contribution in [3.8, 4) is 0 Å². The molecule has 122 valence electrons.